The van der Waals surface area contributed by atoms with Gasteiger partial charge in [-0.2, -0.15) is 5.26 Å². The first-order valence-electron chi connectivity index (χ1n) is 4.80. The largest absolute Gasteiger partial charge is 0.293 e. The summed E-state index contributed by atoms with van der Waals surface area (Å²) in [7, 11) is 0. The molecule has 0 heterocycles. The number of Topliss-reactive ketones (excluding diaryl/α,β-unsaturated/α-hetero) is 1. The van der Waals surface area contributed by atoms with Gasteiger partial charge in [0.1, 0.15) is 5.92 Å². The number of aryl methyl sites for hydroxylation is 1. The van der Waals surface area contributed by atoms with E-state index in [1.54, 1.807) is 18.2 Å². The van der Waals surface area contributed by atoms with Gasteiger partial charge in [-0.25, -0.2) is 0 Å². The van der Waals surface area contributed by atoms with E-state index in [4.69, 9.17) is 16.9 Å². The highest BCUT2D eigenvalue weighted by Crippen LogP contribution is 2.19. The van der Waals surface area contributed by atoms with Gasteiger partial charge in [-0.05, 0) is 37.1 Å². The lowest BCUT2D eigenvalue weighted by Gasteiger charge is -2.08. The first-order valence-corrected chi connectivity index (χ1v) is 5.18. The summed E-state index contributed by atoms with van der Waals surface area (Å²) in [6, 6.07) is 7.10. The van der Waals surface area contributed by atoms with Crippen LogP contribution in [0.5, 0.6) is 0 Å². The molecular weight excluding hydrogens is 210 g/mol. The monoisotopic (exact) mass is 221 g/mol. The third kappa shape index (κ3) is 2.57. The van der Waals surface area contributed by atoms with Gasteiger partial charge in [0.25, 0.3) is 0 Å². The van der Waals surface area contributed by atoms with E-state index < -0.39 is 5.92 Å². The number of nitriles is 1. The van der Waals surface area contributed by atoms with E-state index >= 15 is 0 Å². The van der Waals surface area contributed by atoms with Gasteiger partial charge in [-0.15, -0.1) is 0 Å². The van der Waals surface area contributed by atoms with Crippen molar-refractivity contribution in [2.45, 2.75) is 20.3 Å². The molecule has 0 aliphatic carbocycles. The van der Waals surface area contributed by atoms with Crippen LogP contribution in [0, 0.1) is 24.2 Å². The molecule has 1 atom stereocenters. The molecule has 0 spiro atoms. The molecule has 0 bridgehead atoms. The predicted octanol–water partition coefficient (Wildman–Crippen LogP) is 3.38. The molecule has 0 amide bonds. The second-order valence-electron chi connectivity index (χ2n) is 3.41. The lowest BCUT2D eigenvalue weighted by atomic mass is 9.94. The van der Waals surface area contributed by atoms with Crippen molar-refractivity contribution in [2.75, 3.05) is 0 Å². The fourth-order valence-electron chi connectivity index (χ4n) is 1.43. The Morgan fingerprint density at radius 2 is 2.27 bits per heavy atom. The minimum Gasteiger partial charge on any atom is -0.293 e. The van der Waals surface area contributed by atoms with E-state index in [0.717, 1.165) is 5.56 Å². The second kappa shape index (κ2) is 4.95. The van der Waals surface area contributed by atoms with Crippen molar-refractivity contribution in [1.82, 2.24) is 0 Å². The number of nitrogens with zero attached hydrogens (tertiary/aromatic N) is 1. The van der Waals surface area contributed by atoms with Gasteiger partial charge < -0.3 is 0 Å². The van der Waals surface area contributed by atoms with Crippen LogP contribution in [0.4, 0.5) is 0 Å². The number of carbonyl (C=O) groups is 1. The molecule has 15 heavy (non-hydrogen) atoms. The summed E-state index contributed by atoms with van der Waals surface area (Å²) < 4.78 is 0. The van der Waals surface area contributed by atoms with Crippen LogP contribution in [0.1, 0.15) is 29.3 Å². The summed E-state index contributed by atoms with van der Waals surface area (Å²) in [5, 5.41) is 9.41. The summed E-state index contributed by atoms with van der Waals surface area (Å²) in [6.45, 7) is 3.65. The summed E-state index contributed by atoms with van der Waals surface area (Å²) >= 11 is 5.79. The van der Waals surface area contributed by atoms with E-state index in [1.807, 2.05) is 19.9 Å². The van der Waals surface area contributed by atoms with Crippen LogP contribution in [-0.2, 0) is 0 Å². The molecule has 1 aromatic carbocycles. The van der Waals surface area contributed by atoms with Crippen molar-refractivity contribution in [3.05, 3.63) is 34.3 Å². The summed E-state index contributed by atoms with van der Waals surface area (Å²) in [5.74, 6) is -0.668. The molecule has 3 heteroatoms. The van der Waals surface area contributed by atoms with Crippen molar-refractivity contribution in [3.63, 3.8) is 0 Å². The molecule has 78 valence electrons. The molecule has 0 saturated heterocycles. The Balaban J connectivity index is 3.07. The highest BCUT2D eigenvalue weighted by molar-refractivity contribution is 6.30. The Kier molecular flexibility index (Phi) is 3.88. The Hall–Kier alpha value is -1.33. The number of hydrogen-bond acceptors (Lipinski definition) is 2. The molecule has 0 fully saturated rings. The van der Waals surface area contributed by atoms with E-state index in [-0.39, 0.29) is 5.78 Å². The molecule has 0 N–H and O–H groups in total. The first kappa shape index (κ1) is 11.7. The van der Waals surface area contributed by atoms with Gasteiger partial charge in [-0.3, -0.25) is 4.79 Å². The average molecular weight is 222 g/mol. The third-order valence-electron chi connectivity index (χ3n) is 2.33. The average Bonchev–Trinajstić information content (AvgIpc) is 2.19. The van der Waals surface area contributed by atoms with Crippen molar-refractivity contribution in [2.24, 2.45) is 5.92 Å². The van der Waals surface area contributed by atoms with Crippen LogP contribution in [0.3, 0.4) is 0 Å². The van der Waals surface area contributed by atoms with Gasteiger partial charge in [0.05, 0.1) is 6.07 Å². The zero-order valence-corrected chi connectivity index (χ0v) is 9.51. The van der Waals surface area contributed by atoms with Gasteiger partial charge in [0, 0.05) is 10.6 Å². The summed E-state index contributed by atoms with van der Waals surface area (Å²) in [4.78, 5) is 11.9. The van der Waals surface area contributed by atoms with Crippen molar-refractivity contribution < 1.29 is 4.79 Å². The SMILES string of the molecule is CCC(C#N)C(=O)c1ccc(Cl)cc1C. The molecule has 1 aromatic rings. The van der Waals surface area contributed by atoms with Gasteiger partial charge in [-0.1, -0.05) is 18.5 Å². The van der Waals surface area contributed by atoms with Crippen molar-refractivity contribution in [3.8, 4) is 6.07 Å². The first-order chi connectivity index (χ1) is 7.10. The van der Waals surface area contributed by atoms with Gasteiger partial charge in [0.15, 0.2) is 5.78 Å². The topological polar surface area (TPSA) is 40.9 Å². The summed E-state index contributed by atoms with van der Waals surface area (Å²) in [5.41, 5.74) is 1.41. The fourth-order valence-corrected chi connectivity index (χ4v) is 1.65. The van der Waals surface area contributed by atoms with E-state index in [9.17, 15) is 4.79 Å². The van der Waals surface area contributed by atoms with Crippen molar-refractivity contribution >= 4 is 17.4 Å². The number of rotatable bonds is 3. The number of benzene rings is 1. The number of hydrogen-bond donors (Lipinski definition) is 0. The number of halogens is 1. The Bertz CT molecular complexity index is 420. The highest BCUT2D eigenvalue weighted by Gasteiger charge is 2.19. The molecule has 2 nitrogen and oxygen atoms in total. The van der Waals surface area contributed by atoms with Crippen LogP contribution in [0.15, 0.2) is 18.2 Å². The quantitative estimate of drug-likeness (QED) is 0.735. The van der Waals surface area contributed by atoms with Gasteiger partial charge >= 0.3 is 0 Å². The predicted molar refractivity (Wildman–Crippen MR) is 59.9 cm³/mol. The Labute approximate surface area is 94.5 Å². The van der Waals surface area contributed by atoms with Crippen LogP contribution in [-0.4, -0.2) is 5.78 Å². The normalized spacial score (nSPS) is 11.9. The number of ketones is 1. The maximum atomic E-state index is 11.9. The lowest BCUT2D eigenvalue weighted by Crippen LogP contribution is -2.13. The van der Waals surface area contributed by atoms with E-state index in [2.05, 4.69) is 0 Å². The van der Waals surface area contributed by atoms with E-state index in [1.165, 1.54) is 0 Å². The standard InChI is InChI=1S/C12H12ClNO/c1-3-9(7-14)12(15)11-5-4-10(13)6-8(11)2/h4-6,9H,3H2,1-2H3. The van der Waals surface area contributed by atoms with Gasteiger partial charge in [0.2, 0.25) is 0 Å². The lowest BCUT2D eigenvalue weighted by molar-refractivity contribution is 0.0946. The molecule has 0 aliphatic rings. The molecular formula is C12H12ClNO. The number of carbonyl (C=O) groups excluding carboxylic acids is 1. The van der Waals surface area contributed by atoms with Crippen LogP contribution in [0.25, 0.3) is 0 Å². The maximum Gasteiger partial charge on any atom is 0.180 e. The molecule has 0 aromatic heterocycles. The molecule has 1 rings (SSSR count). The smallest absolute Gasteiger partial charge is 0.180 e. The molecule has 1 unspecified atom stereocenters. The summed E-state index contributed by atoms with van der Waals surface area (Å²) in [6.07, 6.45) is 0.539. The maximum absolute atomic E-state index is 11.9. The van der Waals surface area contributed by atoms with E-state index in [0.29, 0.717) is 17.0 Å². The third-order valence-corrected chi connectivity index (χ3v) is 2.57. The van der Waals surface area contributed by atoms with Crippen molar-refractivity contribution in [1.29, 1.82) is 5.26 Å². The van der Waals surface area contributed by atoms with Crippen LogP contribution >= 0.6 is 11.6 Å². The Morgan fingerprint density at radius 1 is 1.60 bits per heavy atom. The minimum absolute atomic E-state index is 0.117. The van der Waals surface area contributed by atoms with Crippen LogP contribution in [0.2, 0.25) is 5.02 Å². The highest BCUT2D eigenvalue weighted by atomic mass is 35.5. The van der Waals surface area contributed by atoms with Crippen LogP contribution < -0.4 is 0 Å². The molecule has 0 saturated carbocycles. The fraction of sp³-hybridized carbons (Fsp3) is 0.333. The zero-order valence-electron chi connectivity index (χ0n) is 8.75. The minimum atomic E-state index is -0.551. The zero-order chi connectivity index (χ0) is 11.4. The molecule has 0 radical (unpaired) electrons. The molecule has 0 aliphatic heterocycles. The Morgan fingerprint density at radius 3 is 2.73 bits per heavy atom. The second-order valence-corrected chi connectivity index (χ2v) is 3.85.